The molecule has 162 valence electrons. The molecule has 2 N–H and O–H groups in total. The van der Waals surface area contributed by atoms with E-state index < -0.39 is 0 Å². The first-order valence-corrected chi connectivity index (χ1v) is 10.7. The Morgan fingerprint density at radius 1 is 1.09 bits per heavy atom. The van der Waals surface area contributed by atoms with Crippen molar-refractivity contribution >= 4 is 16.8 Å². The van der Waals surface area contributed by atoms with E-state index in [-0.39, 0.29) is 17.5 Å². The van der Waals surface area contributed by atoms with Crippen LogP contribution in [0, 0.1) is 0 Å². The number of nitrogens with zero attached hydrogens (tertiary/aromatic N) is 4. The second kappa shape index (κ2) is 8.39. The smallest absolute Gasteiger partial charge is 0.258 e. The Balaban J connectivity index is 1.33. The van der Waals surface area contributed by atoms with Gasteiger partial charge in [0.05, 0.1) is 17.4 Å². The Hall–Kier alpha value is -3.78. The molecule has 0 unspecified atom stereocenters. The van der Waals surface area contributed by atoms with Gasteiger partial charge in [0.15, 0.2) is 0 Å². The number of carbonyl (C=O) groups is 1. The van der Waals surface area contributed by atoms with Crippen LogP contribution < -0.4 is 10.9 Å². The first-order valence-electron chi connectivity index (χ1n) is 10.7. The number of aromatic amines is 1. The molecule has 1 aliphatic rings. The van der Waals surface area contributed by atoms with E-state index in [0.29, 0.717) is 16.8 Å². The number of H-pyrrole nitrogens is 1. The molecule has 0 bridgehead atoms. The average molecular weight is 428 g/mol. The van der Waals surface area contributed by atoms with E-state index in [1.807, 2.05) is 42.5 Å². The van der Waals surface area contributed by atoms with Crippen LogP contribution >= 0.6 is 0 Å². The van der Waals surface area contributed by atoms with Gasteiger partial charge in [0.1, 0.15) is 5.69 Å². The van der Waals surface area contributed by atoms with Gasteiger partial charge in [-0.05, 0) is 74.8 Å². The van der Waals surface area contributed by atoms with E-state index in [0.717, 1.165) is 42.5 Å². The van der Waals surface area contributed by atoms with Gasteiger partial charge in [0.25, 0.3) is 11.5 Å². The lowest BCUT2D eigenvalue weighted by Crippen LogP contribution is -2.43. The molecule has 2 aromatic carbocycles. The van der Waals surface area contributed by atoms with Crippen molar-refractivity contribution in [3.05, 3.63) is 76.7 Å². The summed E-state index contributed by atoms with van der Waals surface area (Å²) in [4.78, 5) is 30.2. The number of rotatable bonds is 4. The minimum absolute atomic E-state index is 0.0620. The third-order valence-electron chi connectivity index (χ3n) is 5.97. The van der Waals surface area contributed by atoms with Crippen LogP contribution in [0.3, 0.4) is 0 Å². The van der Waals surface area contributed by atoms with Gasteiger partial charge >= 0.3 is 0 Å². The van der Waals surface area contributed by atoms with Crippen LogP contribution in [0.5, 0.6) is 0 Å². The highest BCUT2D eigenvalue weighted by molar-refractivity contribution is 5.94. The molecule has 4 aromatic rings. The van der Waals surface area contributed by atoms with Crippen LogP contribution in [0.25, 0.3) is 27.8 Å². The van der Waals surface area contributed by atoms with Gasteiger partial charge < -0.3 is 15.2 Å². The molecule has 1 amide bonds. The largest absolute Gasteiger partial charge is 0.349 e. The van der Waals surface area contributed by atoms with Gasteiger partial charge in [-0.1, -0.05) is 23.4 Å². The number of aromatic nitrogens is 4. The Morgan fingerprint density at radius 3 is 2.62 bits per heavy atom. The minimum atomic E-state index is -0.211. The van der Waals surface area contributed by atoms with Gasteiger partial charge in [-0.25, -0.2) is 4.68 Å². The molecular formula is C24H24N6O2. The van der Waals surface area contributed by atoms with Crippen LogP contribution in [0.2, 0.25) is 0 Å². The summed E-state index contributed by atoms with van der Waals surface area (Å²) in [5.74, 6) is -0.0620. The van der Waals surface area contributed by atoms with Crippen LogP contribution in [0.1, 0.15) is 23.2 Å². The number of carbonyl (C=O) groups excluding carboxylic acids is 1. The van der Waals surface area contributed by atoms with Crippen molar-refractivity contribution in [3.63, 3.8) is 0 Å². The highest BCUT2D eigenvalue weighted by atomic mass is 16.1. The van der Waals surface area contributed by atoms with E-state index in [2.05, 4.69) is 32.6 Å². The molecule has 1 aliphatic heterocycles. The first-order chi connectivity index (χ1) is 15.6. The van der Waals surface area contributed by atoms with Crippen molar-refractivity contribution in [2.75, 3.05) is 20.1 Å². The predicted molar refractivity (Wildman–Crippen MR) is 123 cm³/mol. The highest BCUT2D eigenvalue weighted by Gasteiger charge is 2.19. The average Bonchev–Trinajstić information content (AvgIpc) is 3.30. The summed E-state index contributed by atoms with van der Waals surface area (Å²) in [5, 5.41) is 12.4. The molecule has 0 atom stereocenters. The molecule has 0 radical (unpaired) electrons. The molecule has 5 rings (SSSR count). The van der Waals surface area contributed by atoms with Crippen LogP contribution in [0.4, 0.5) is 0 Å². The number of pyridine rings is 1. The Kier molecular flexibility index (Phi) is 5.28. The van der Waals surface area contributed by atoms with Crippen molar-refractivity contribution in [2.45, 2.75) is 18.9 Å². The summed E-state index contributed by atoms with van der Waals surface area (Å²) in [5.41, 5.74) is 2.89. The van der Waals surface area contributed by atoms with Crippen LogP contribution in [0.15, 0.2) is 65.6 Å². The maximum Gasteiger partial charge on any atom is 0.258 e. The van der Waals surface area contributed by atoms with Gasteiger partial charge in [-0.2, -0.15) is 0 Å². The molecule has 1 saturated heterocycles. The van der Waals surface area contributed by atoms with Gasteiger partial charge in [0.2, 0.25) is 0 Å². The molecule has 1 fully saturated rings. The Bertz CT molecular complexity index is 1320. The van der Waals surface area contributed by atoms with Crippen molar-refractivity contribution in [1.29, 1.82) is 0 Å². The summed E-state index contributed by atoms with van der Waals surface area (Å²) in [6.45, 7) is 2.00. The number of benzene rings is 2. The lowest BCUT2D eigenvalue weighted by atomic mass is 10.0. The summed E-state index contributed by atoms with van der Waals surface area (Å²) in [6.07, 6.45) is 3.65. The van der Waals surface area contributed by atoms with Gasteiger partial charge in [-0.15, -0.1) is 5.10 Å². The summed E-state index contributed by atoms with van der Waals surface area (Å²) in [7, 11) is 2.10. The number of piperidine rings is 1. The molecule has 8 heteroatoms. The molecule has 0 aliphatic carbocycles. The zero-order valence-corrected chi connectivity index (χ0v) is 17.8. The standard InChI is InChI=1S/C24H24N6O2/c1-29-12-10-18(11-13-29)25-23(31)16-6-8-19(9-7-16)30-15-22(27-28-30)20-14-17-4-2-3-5-21(17)26-24(20)32/h2-9,14-15,18H,10-13H2,1H3,(H,25,31)(H,26,32). The molecule has 3 heterocycles. The fourth-order valence-electron chi connectivity index (χ4n) is 4.04. The number of likely N-dealkylation sites (tertiary alicyclic amines) is 1. The number of amides is 1. The predicted octanol–water partition coefficient (Wildman–Crippen LogP) is 2.60. The molecule has 0 saturated carbocycles. The highest BCUT2D eigenvalue weighted by Crippen LogP contribution is 2.19. The molecule has 8 nitrogen and oxygen atoms in total. The topological polar surface area (TPSA) is 95.9 Å². The van der Waals surface area contributed by atoms with Crippen molar-refractivity contribution in [1.82, 2.24) is 30.2 Å². The maximum atomic E-state index is 12.6. The van der Waals surface area contributed by atoms with Crippen LogP contribution in [-0.2, 0) is 0 Å². The third-order valence-corrected chi connectivity index (χ3v) is 5.97. The second-order valence-corrected chi connectivity index (χ2v) is 8.25. The number of nitrogens with one attached hydrogen (secondary N) is 2. The SMILES string of the molecule is CN1CCC(NC(=O)c2ccc(-n3cc(-c4cc5ccccc5[nH]c4=O)nn3)cc2)CC1. The second-order valence-electron chi connectivity index (χ2n) is 8.25. The lowest BCUT2D eigenvalue weighted by Gasteiger charge is -2.29. The number of hydrogen-bond acceptors (Lipinski definition) is 5. The van der Waals surface area contributed by atoms with Gasteiger partial charge in [-0.3, -0.25) is 9.59 Å². The van der Waals surface area contributed by atoms with E-state index >= 15 is 0 Å². The molecule has 0 spiro atoms. The fourth-order valence-corrected chi connectivity index (χ4v) is 4.04. The minimum Gasteiger partial charge on any atom is -0.349 e. The number of para-hydroxylation sites is 1. The van der Waals surface area contributed by atoms with Crippen molar-refractivity contribution in [2.24, 2.45) is 0 Å². The summed E-state index contributed by atoms with van der Waals surface area (Å²) >= 11 is 0. The van der Waals surface area contributed by atoms with Crippen molar-refractivity contribution < 1.29 is 4.79 Å². The summed E-state index contributed by atoms with van der Waals surface area (Å²) in [6, 6.07) is 16.9. The van der Waals surface area contributed by atoms with Crippen molar-refractivity contribution in [3.8, 4) is 16.9 Å². The normalized spacial score (nSPS) is 15.2. The molecule has 32 heavy (non-hydrogen) atoms. The lowest BCUT2D eigenvalue weighted by molar-refractivity contribution is 0.0917. The van der Waals surface area contributed by atoms with E-state index in [9.17, 15) is 9.59 Å². The quantitative estimate of drug-likeness (QED) is 0.521. The molecular weight excluding hydrogens is 404 g/mol. The maximum absolute atomic E-state index is 12.6. The van der Waals surface area contributed by atoms with E-state index in [1.165, 1.54) is 0 Å². The van der Waals surface area contributed by atoms with Gasteiger partial charge in [0, 0.05) is 17.1 Å². The number of hydrogen-bond donors (Lipinski definition) is 2. The van der Waals surface area contributed by atoms with Crippen LogP contribution in [-0.4, -0.2) is 57.0 Å². The fraction of sp³-hybridized carbons (Fsp3) is 0.250. The Labute approximate surface area is 184 Å². The molecule has 2 aromatic heterocycles. The van der Waals surface area contributed by atoms with E-state index in [1.54, 1.807) is 23.0 Å². The monoisotopic (exact) mass is 428 g/mol. The van der Waals surface area contributed by atoms with E-state index in [4.69, 9.17) is 0 Å². The Morgan fingerprint density at radius 2 is 1.84 bits per heavy atom. The number of fused-ring (bicyclic) bond motifs is 1. The zero-order valence-electron chi connectivity index (χ0n) is 17.8. The first kappa shape index (κ1) is 20.1. The summed E-state index contributed by atoms with van der Waals surface area (Å²) < 4.78 is 1.60. The zero-order chi connectivity index (χ0) is 22.1. The third kappa shape index (κ3) is 4.04.